The summed E-state index contributed by atoms with van der Waals surface area (Å²) in [5, 5.41) is 7.39. The normalized spacial score (nSPS) is 31.6. The van der Waals surface area contributed by atoms with Crippen molar-refractivity contribution in [3.8, 4) is 0 Å². The SMILES string of the molecule is CCOC(=O)C1CCC(NC(C)CC2CCCCN2)CC1. The third-order valence-corrected chi connectivity index (χ3v) is 4.92. The Hall–Kier alpha value is -0.610. The Bertz CT molecular complexity index is 308. The van der Waals surface area contributed by atoms with Crippen LogP contribution in [0.25, 0.3) is 0 Å². The number of nitrogens with one attached hydrogen (secondary N) is 2. The van der Waals surface area contributed by atoms with Gasteiger partial charge in [0.15, 0.2) is 0 Å². The highest BCUT2D eigenvalue weighted by atomic mass is 16.5. The van der Waals surface area contributed by atoms with E-state index in [0.717, 1.165) is 25.7 Å². The van der Waals surface area contributed by atoms with Gasteiger partial charge in [-0.15, -0.1) is 0 Å². The Balaban J connectivity index is 1.64. The molecule has 0 aromatic carbocycles. The molecule has 1 saturated carbocycles. The van der Waals surface area contributed by atoms with Crippen LogP contribution < -0.4 is 10.6 Å². The van der Waals surface area contributed by atoms with Crippen LogP contribution in [-0.4, -0.2) is 37.2 Å². The van der Waals surface area contributed by atoms with E-state index in [1.165, 1.54) is 32.2 Å². The summed E-state index contributed by atoms with van der Waals surface area (Å²) in [5.74, 6) is 0.147. The van der Waals surface area contributed by atoms with Crippen molar-refractivity contribution in [3.05, 3.63) is 0 Å². The predicted octanol–water partition coefficient (Wildman–Crippen LogP) is 2.62. The molecule has 0 spiro atoms. The topological polar surface area (TPSA) is 50.4 Å². The van der Waals surface area contributed by atoms with Gasteiger partial charge in [-0.2, -0.15) is 0 Å². The standard InChI is InChI=1S/C17H32N2O2/c1-3-21-17(20)14-7-9-15(10-8-14)19-13(2)12-16-6-4-5-11-18-16/h13-16,18-19H,3-12H2,1-2H3. The average Bonchev–Trinajstić information content (AvgIpc) is 2.49. The molecule has 1 heterocycles. The number of piperidine rings is 1. The van der Waals surface area contributed by atoms with Crippen molar-refractivity contribution >= 4 is 5.97 Å². The Morgan fingerprint density at radius 2 is 2.00 bits per heavy atom. The summed E-state index contributed by atoms with van der Waals surface area (Å²) < 4.78 is 5.13. The van der Waals surface area contributed by atoms with Crippen molar-refractivity contribution in [2.45, 2.75) is 83.3 Å². The molecule has 0 bridgehead atoms. The molecule has 2 fully saturated rings. The third-order valence-electron chi connectivity index (χ3n) is 4.92. The second kappa shape index (κ2) is 8.74. The van der Waals surface area contributed by atoms with E-state index >= 15 is 0 Å². The lowest BCUT2D eigenvalue weighted by atomic mass is 9.85. The smallest absolute Gasteiger partial charge is 0.308 e. The van der Waals surface area contributed by atoms with Gasteiger partial charge in [0.1, 0.15) is 0 Å². The van der Waals surface area contributed by atoms with Crippen LogP contribution in [0.5, 0.6) is 0 Å². The van der Waals surface area contributed by atoms with Crippen LogP contribution >= 0.6 is 0 Å². The summed E-state index contributed by atoms with van der Waals surface area (Å²) in [6, 6.07) is 1.83. The van der Waals surface area contributed by atoms with Gasteiger partial charge in [0.25, 0.3) is 0 Å². The number of hydrogen-bond acceptors (Lipinski definition) is 4. The lowest BCUT2D eigenvalue weighted by Gasteiger charge is -2.32. The number of carbonyl (C=O) groups is 1. The molecule has 0 aromatic heterocycles. The molecule has 1 saturated heterocycles. The van der Waals surface area contributed by atoms with E-state index in [9.17, 15) is 4.79 Å². The van der Waals surface area contributed by atoms with E-state index in [1.54, 1.807) is 0 Å². The zero-order valence-corrected chi connectivity index (χ0v) is 13.7. The Labute approximate surface area is 129 Å². The average molecular weight is 296 g/mol. The summed E-state index contributed by atoms with van der Waals surface area (Å²) in [4.78, 5) is 11.7. The Kier molecular flexibility index (Phi) is 6.97. The van der Waals surface area contributed by atoms with Crippen molar-refractivity contribution in [2.24, 2.45) is 5.92 Å². The van der Waals surface area contributed by atoms with Gasteiger partial charge in [-0.25, -0.2) is 0 Å². The van der Waals surface area contributed by atoms with E-state index in [0.29, 0.717) is 24.7 Å². The highest BCUT2D eigenvalue weighted by Crippen LogP contribution is 2.26. The second-order valence-corrected chi connectivity index (χ2v) is 6.75. The fourth-order valence-electron chi connectivity index (χ4n) is 3.78. The maximum atomic E-state index is 11.7. The lowest BCUT2D eigenvalue weighted by molar-refractivity contribution is -0.149. The lowest BCUT2D eigenvalue weighted by Crippen LogP contribution is -2.44. The number of carbonyl (C=O) groups excluding carboxylic acids is 1. The van der Waals surface area contributed by atoms with Gasteiger partial charge in [-0.3, -0.25) is 4.79 Å². The Morgan fingerprint density at radius 3 is 2.62 bits per heavy atom. The van der Waals surface area contributed by atoms with Crippen LogP contribution in [0.3, 0.4) is 0 Å². The van der Waals surface area contributed by atoms with Gasteiger partial charge >= 0.3 is 5.97 Å². The summed E-state index contributed by atoms with van der Waals surface area (Å²) in [6.45, 7) is 5.87. The monoisotopic (exact) mass is 296 g/mol. The zero-order chi connectivity index (χ0) is 15.1. The molecule has 2 aliphatic rings. The van der Waals surface area contributed by atoms with Crippen LogP contribution in [0.2, 0.25) is 0 Å². The summed E-state index contributed by atoms with van der Waals surface area (Å²) in [5.41, 5.74) is 0. The van der Waals surface area contributed by atoms with Gasteiger partial charge < -0.3 is 15.4 Å². The first-order valence-electron chi connectivity index (χ1n) is 8.85. The third kappa shape index (κ3) is 5.59. The molecule has 2 unspecified atom stereocenters. The molecule has 0 amide bonds. The number of esters is 1. The van der Waals surface area contributed by atoms with Gasteiger partial charge in [0, 0.05) is 18.1 Å². The summed E-state index contributed by atoms with van der Waals surface area (Å²) in [7, 11) is 0. The molecule has 2 N–H and O–H groups in total. The molecule has 2 atom stereocenters. The molecule has 0 aromatic rings. The molecule has 4 heteroatoms. The maximum absolute atomic E-state index is 11.7. The summed E-state index contributed by atoms with van der Waals surface area (Å²) in [6.07, 6.45) is 9.40. The van der Waals surface area contributed by atoms with E-state index in [1.807, 2.05) is 6.92 Å². The highest BCUT2D eigenvalue weighted by molar-refractivity contribution is 5.72. The van der Waals surface area contributed by atoms with Crippen LogP contribution in [0.15, 0.2) is 0 Å². The predicted molar refractivity (Wildman–Crippen MR) is 85.2 cm³/mol. The van der Waals surface area contributed by atoms with Crippen LogP contribution in [0.1, 0.15) is 65.2 Å². The van der Waals surface area contributed by atoms with Gasteiger partial charge in [-0.05, 0) is 65.3 Å². The molecule has 4 nitrogen and oxygen atoms in total. The first kappa shape index (κ1) is 16.8. The van der Waals surface area contributed by atoms with E-state index in [-0.39, 0.29) is 11.9 Å². The van der Waals surface area contributed by atoms with Crippen molar-refractivity contribution in [1.29, 1.82) is 0 Å². The minimum Gasteiger partial charge on any atom is -0.466 e. The highest BCUT2D eigenvalue weighted by Gasteiger charge is 2.28. The molecular weight excluding hydrogens is 264 g/mol. The fraction of sp³-hybridized carbons (Fsp3) is 0.941. The molecule has 1 aliphatic carbocycles. The van der Waals surface area contributed by atoms with Crippen LogP contribution in [0.4, 0.5) is 0 Å². The first-order valence-corrected chi connectivity index (χ1v) is 8.85. The molecular formula is C17H32N2O2. The molecule has 122 valence electrons. The van der Waals surface area contributed by atoms with Crippen molar-refractivity contribution < 1.29 is 9.53 Å². The molecule has 1 aliphatic heterocycles. The van der Waals surface area contributed by atoms with Crippen LogP contribution in [-0.2, 0) is 9.53 Å². The van der Waals surface area contributed by atoms with E-state index in [4.69, 9.17) is 4.74 Å². The molecule has 0 radical (unpaired) electrons. The van der Waals surface area contributed by atoms with E-state index in [2.05, 4.69) is 17.6 Å². The first-order chi connectivity index (χ1) is 10.2. The van der Waals surface area contributed by atoms with Gasteiger partial charge in [0.2, 0.25) is 0 Å². The van der Waals surface area contributed by atoms with Gasteiger partial charge in [-0.1, -0.05) is 6.42 Å². The van der Waals surface area contributed by atoms with Gasteiger partial charge in [0.05, 0.1) is 12.5 Å². The molecule has 2 rings (SSSR count). The van der Waals surface area contributed by atoms with Crippen LogP contribution in [0, 0.1) is 5.92 Å². The number of rotatable bonds is 6. The number of hydrogen-bond donors (Lipinski definition) is 2. The summed E-state index contributed by atoms with van der Waals surface area (Å²) >= 11 is 0. The zero-order valence-electron chi connectivity index (χ0n) is 13.7. The quantitative estimate of drug-likeness (QED) is 0.740. The number of ether oxygens (including phenoxy) is 1. The minimum absolute atomic E-state index is 0.00963. The Morgan fingerprint density at radius 1 is 1.24 bits per heavy atom. The molecule has 21 heavy (non-hydrogen) atoms. The second-order valence-electron chi connectivity index (χ2n) is 6.75. The minimum atomic E-state index is 0.00963. The van der Waals surface area contributed by atoms with Crippen molar-refractivity contribution in [2.75, 3.05) is 13.2 Å². The largest absolute Gasteiger partial charge is 0.466 e. The fourth-order valence-corrected chi connectivity index (χ4v) is 3.78. The maximum Gasteiger partial charge on any atom is 0.308 e. The van der Waals surface area contributed by atoms with Crippen molar-refractivity contribution in [3.63, 3.8) is 0 Å². The van der Waals surface area contributed by atoms with Crippen molar-refractivity contribution in [1.82, 2.24) is 10.6 Å². The van der Waals surface area contributed by atoms with E-state index < -0.39 is 0 Å².